The minimum atomic E-state index is -3.75. The molecule has 0 amide bonds. The van der Waals surface area contributed by atoms with E-state index in [0.717, 1.165) is 15.6 Å². The van der Waals surface area contributed by atoms with E-state index in [2.05, 4.69) is 15.9 Å². The predicted octanol–water partition coefficient (Wildman–Crippen LogP) is 4.63. The molecule has 5 nitrogen and oxygen atoms in total. The largest absolute Gasteiger partial charge is 0.457 e. The maximum absolute atomic E-state index is 12.9. The van der Waals surface area contributed by atoms with Crippen LogP contribution in [-0.2, 0) is 27.9 Å². The van der Waals surface area contributed by atoms with Crippen molar-refractivity contribution in [2.45, 2.75) is 18.0 Å². The van der Waals surface area contributed by atoms with E-state index < -0.39 is 16.0 Å². The van der Waals surface area contributed by atoms with E-state index in [-0.39, 0.29) is 23.6 Å². The minimum absolute atomic E-state index is 0.0489. The zero-order valence-corrected chi connectivity index (χ0v) is 18.2. The van der Waals surface area contributed by atoms with E-state index in [1.165, 1.54) is 23.5 Å². The van der Waals surface area contributed by atoms with E-state index >= 15 is 0 Å². The number of sulfonamides is 1. The maximum Gasteiger partial charge on any atom is 0.338 e. The van der Waals surface area contributed by atoms with Crippen molar-refractivity contribution in [3.05, 3.63) is 100 Å². The number of hydrogen-bond donors (Lipinski definition) is 0. The van der Waals surface area contributed by atoms with Gasteiger partial charge in [-0.2, -0.15) is 4.31 Å². The monoisotopic (exact) mass is 473 g/mol. The summed E-state index contributed by atoms with van der Waals surface area (Å²) in [6, 6.07) is 22.7. The molecule has 0 aromatic heterocycles. The normalized spacial score (nSPS) is 11.4. The van der Waals surface area contributed by atoms with Crippen LogP contribution in [0.3, 0.4) is 0 Å². The third-order valence-electron chi connectivity index (χ3n) is 4.28. The molecule has 0 saturated heterocycles. The van der Waals surface area contributed by atoms with Crippen molar-refractivity contribution >= 4 is 31.9 Å². The molecule has 0 saturated carbocycles. The summed E-state index contributed by atoms with van der Waals surface area (Å²) >= 11 is 3.37. The molecule has 0 fully saturated rings. The molecule has 3 aromatic carbocycles. The molecule has 0 aliphatic heterocycles. The van der Waals surface area contributed by atoms with Gasteiger partial charge in [-0.25, -0.2) is 13.2 Å². The predicted molar refractivity (Wildman–Crippen MR) is 115 cm³/mol. The number of carbonyl (C=O) groups excluding carboxylic acids is 1. The highest BCUT2D eigenvalue weighted by atomic mass is 79.9. The minimum Gasteiger partial charge on any atom is -0.457 e. The quantitative estimate of drug-likeness (QED) is 0.469. The van der Waals surface area contributed by atoms with Crippen molar-refractivity contribution in [2.24, 2.45) is 0 Å². The number of rotatable bonds is 7. The lowest BCUT2D eigenvalue weighted by molar-refractivity contribution is 0.0472. The van der Waals surface area contributed by atoms with Crippen LogP contribution in [0.25, 0.3) is 0 Å². The molecule has 0 atom stereocenters. The molecule has 0 unspecified atom stereocenters. The van der Waals surface area contributed by atoms with Crippen LogP contribution in [0.5, 0.6) is 0 Å². The summed E-state index contributed by atoms with van der Waals surface area (Å²) in [5.74, 6) is -0.576. The summed E-state index contributed by atoms with van der Waals surface area (Å²) in [7, 11) is -2.23. The average molecular weight is 474 g/mol. The summed E-state index contributed by atoms with van der Waals surface area (Å²) in [5, 5.41) is 0. The molecule has 29 heavy (non-hydrogen) atoms. The van der Waals surface area contributed by atoms with Crippen molar-refractivity contribution in [1.82, 2.24) is 4.31 Å². The molecule has 3 aromatic rings. The Morgan fingerprint density at radius 2 is 1.62 bits per heavy atom. The Kier molecular flexibility index (Phi) is 6.84. The topological polar surface area (TPSA) is 63.7 Å². The number of nitrogens with zero attached hydrogens (tertiary/aromatic N) is 1. The van der Waals surface area contributed by atoms with E-state index in [1.54, 1.807) is 12.1 Å². The first-order valence-corrected chi connectivity index (χ1v) is 11.1. The van der Waals surface area contributed by atoms with Gasteiger partial charge in [-0.3, -0.25) is 0 Å². The van der Waals surface area contributed by atoms with Crippen LogP contribution in [-0.4, -0.2) is 25.7 Å². The lowest BCUT2D eigenvalue weighted by Gasteiger charge is -2.17. The fraction of sp³-hybridized carbons (Fsp3) is 0.136. The van der Waals surface area contributed by atoms with Crippen molar-refractivity contribution in [1.29, 1.82) is 0 Å². The molecule has 0 bridgehead atoms. The smallest absolute Gasteiger partial charge is 0.338 e. The molecule has 3 rings (SSSR count). The van der Waals surface area contributed by atoms with Crippen LogP contribution in [0.4, 0.5) is 0 Å². The summed E-state index contributed by atoms with van der Waals surface area (Å²) in [6.07, 6.45) is 0. The second-order valence-electron chi connectivity index (χ2n) is 6.48. The first-order valence-electron chi connectivity index (χ1n) is 8.88. The standard InChI is InChI=1S/C22H20BrNO4S/c1-24(15-17-7-3-2-4-8-17)29(26,27)21-12-6-10-19(14-21)22(25)28-16-18-9-5-11-20(23)13-18/h2-14H,15-16H2,1H3. The zero-order valence-electron chi connectivity index (χ0n) is 15.8. The molecule has 0 radical (unpaired) electrons. The third kappa shape index (κ3) is 5.53. The number of hydrogen-bond acceptors (Lipinski definition) is 4. The third-order valence-corrected chi connectivity index (χ3v) is 6.58. The van der Waals surface area contributed by atoms with E-state index in [0.29, 0.717) is 0 Å². The molecule has 0 spiro atoms. The zero-order chi connectivity index (χ0) is 20.9. The molecule has 0 heterocycles. The molecule has 0 N–H and O–H groups in total. The molecule has 0 aliphatic carbocycles. The van der Waals surface area contributed by atoms with Gasteiger partial charge in [0, 0.05) is 18.1 Å². The van der Waals surface area contributed by atoms with Gasteiger partial charge in [-0.05, 0) is 41.5 Å². The number of ether oxygens (including phenoxy) is 1. The fourth-order valence-electron chi connectivity index (χ4n) is 2.75. The SMILES string of the molecule is CN(Cc1ccccc1)S(=O)(=O)c1cccc(C(=O)OCc2cccc(Br)c2)c1. The Hall–Kier alpha value is -2.48. The first-order chi connectivity index (χ1) is 13.9. The van der Waals surface area contributed by atoms with Gasteiger partial charge in [-0.15, -0.1) is 0 Å². The van der Waals surface area contributed by atoms with Gasteiger partial charge in [-0.1, -0.05) is 64.5 Å². The number of benzene rings is 3. The lowest BCUT2D eigenvalue weighted by Crippen LogP contribution is -2.26. The summed E-state index contributed by atoms with van der Waals surface area (Å²) in [6.45, 7) is 0.337. The van der Waals surface area contributed by atoms with E-state index in [1.807, 2.05) is 54.6 Å². The highest BCUT2D eigenvalue weighted by Gasteiger charge is 2.22. The number of esters is 1. The Morgan fingerprint density at radius 3 is 2.34 bits per heavy atom. The molecular formula is C22H20BrNO4S. The van der Waals surface area contributed by atoms with Crippen molar-refractivity contribution in [3.8, 4) is 0 Å². The Balaban J connectivity index is 1.72. The van der Waals surface area contributed by atoms with Gasteiger partial charge in [0.1, 0.15) is 6.61 Å². The Morgan fingerprint density at radius 1 is 0.931 bits per heavy atom. The lowest BCUT2D eigenvalue weighted by atomic mass is 10.2. The van der Waals surface area contributed by atoms with Crippen molar-refractivity contribution in [3.63, 3.8) is 0 Å². The highest BCUT2D eigenvalue weighted by molar-refractivity contribution is 9.10. The highest BCUT2D eigenvalue weighted by Crippen LogP contribution is 2.19. The number of halogens is 1. The van der Waals surface area contributed by atoms with Gasteiger partial charge in [0.25, 0.3) is 0 Å². The van der Waals surface area contributed by atoms with E-state index in [9.17, 15) is 13.2 Å². The van der Waals surface area contributed by atoms with Crippen LogP contribution >= 0.6 is 15.9 Å². The van der Waals surface area contributed by atoms with Crippen LogP contribution in [0.1, 0.15) is 21.5 Å². The van der Waals surface area contributed by atoms with Crippen molar-refractivity contribution < 1.29 is 17.9 Å². The molecule has 150 valence electrons. The van der Waals surface area contributed by atoms with Crippen LogP contribution < -0.4 is 0 Å². The Bertz CT molecular complexity index is 1100. The summed E-state index contributed by atoms with van der Waals surface area (Å²) < 4.78 is 33.3. The maximum atomic E-state index is 12.9. The molecular weight excluding hydrogens is 454 g/mol. The van der Waals surface area contributed by atoms with Gasteiger partial charge in [0.15, 0.2) is 0 Å². The van der Waals surface area contributed by atoms with Gasteiger partial charge >= 0.3 is 5.97 Å². The second kappa shape index (κ2) is 9.35. The first kappa shape index (κ1) is 21.2. The second-order valence-corrected chi connectivity index (χ2v) is 9.44. The summed E-state index contributed by atoms with van der Waals surface area (Å²) in [4.78, 5) is 12.4. The van der Waals surface area contributed by atoms with Crippen molar-refractivity contribution in [2.75, 3.05) is 7.05 Å². The fourth-order valence-corrected chi connectivity index (χ4v) is 4.40. The average Bonchev–Trinajstić information content (AvgIpc) is 2.73. The summed E-state index contributed by atoms with van der Waals surface area (Å²) in [5.41, 5.74) is 1.90. The van der Waals surface area contributed by atoms with Gasteiger partial charge in [0.2, 0.25) is 10.0 Å². The Labute approximate surface area is 179 Å². The van der Waals surface area contributed by atoms with Gasteiger partial charge in [0.05, 0.1) is 10.5 Å². The van der Waals surface area contributed by atoms with Crippen LogP contribution in [0.15, 0.2) is 88.2 Å². The molecule has 7 heteroatoms. The van der Waals surface area contributed by atoms with Crippen LogP contribution in [0, 0.1) is 0 Å². The number of carbonyl (C=O) groups is 1. The van der Waals surface area contributed by atoms with E-state index in [4.69, 9.17) is 4.74 Å². The van der Waals surface area contributed by atoms with Gasteiger partial charge < -0.3 is 4.74 Å². The molecule has 0 aliphatic rings. The van der Waals surface area contributed by atoms with Crippen LogP contribution in [0.2, 0.25) is 0 Å².